The second kappa shape index (κ2) is 4.72. The molecular formula is C11H15ClN4. The Bertz CT molecular complexity index is 462. The molecule has 0 spiro atoms. The summed E-state index contributed by atoms with van der Waals surface area (Å²) in [7, 11) is 0. The molecule has 0 bridgehead atoms. The summed E-state index contributed by atoms with van der Waals surface area (Å²) in [6, 6.07) is 4.11. The summed E-state index contributed by atoms with van der Waals surface area (Å²) in [5.74, 6) is 1.11. The van der Waals surface area contributed by atoms with Crippen molar-refractivity contribution in [3.05, 3.63) is 24.5 Å². The molecule has 0 saturated carbocycles. The molecule has 0 unspecified atom stereocenters. The van der Waals surface area contributed by atoms with Crippen LogP contribution in [0.1, 0.15) is 0 Å². The molecule has 1 fully saturated rings. The standard InChI is InChI=1S/C11H14N4.ClH/c1-3-13-10-2-4-14-11(9(1)10)15-7-5-12-6-8-15;/h1-4,12-13H,5-8H2;1H. The van der Waals surface area contributed by atoms with Crippen LogP contribution >= 0.6 is 12.4 Å². The van der Waals surface area contributed by atoms with Gasteiger partial charge in [-0.3, -0.25) is 0 Å². The first-order chi connectivity index (χ1) is 7.45. The third-order valence-corrected chi connectivity index (χ3v) is 2.87. The second-order valence-corrected chi connectivity index (χ2v) is 3.81. The first kappa shape index (κ1) is 11.2. The minimum atomic E-state index is 0. The predicted octanol–water partition coefficient (Wildman–Crippen LogP) is 1.39. The zero-order valence-corrected chi connectivity index (χ0v) is 9.76. The van der Waals surface area contributed by atoms with Crippen molar-refractivity contribution in [2.45, 2.75) is 0 Å². The molecule has 1 aliphatic heterocycles. The highest BCUT2D eigenvalue weighted by Gasteiger charge is 2.14. The smallest absolute Gasteiger partial charge is 0.138 e. The molecule has 0 aliphatic carbocycles. The molecule has 2 aromatic rings. The van der Waals surface area contributed by atoms with E-state index in [9.17, 15) is 0 Å². The summed E-state index contributed by atoms with van der Waals surface area (Å²) >= 11 is 0. The van der Waals surface area contributed by atoms with Gasteiger partial charge in [0, 0.05) is 44.0 Å². The van der Waals surface area contributed by atoms with Crippen molar-refractivity contribution in [2.24, 2.45) is 0 Å². The number of hydrogen-bond donors (Lipinski definition) is 2. The molecular weight excluding hydrogens is 224 g/mol. The van der Waals surface area contributed by atoms with Gasteiger partial charge in [-0.1, -0.05) is 0 Å². The Hall–Kier alpha value is -1.26. The van der Waals surface area contributed by atoms with Gasteiger partial charge in [0.25, 0.3) is 0 Å². The van der Waals surface area contributed by atoms with Crippen LogP contribution in [-0.2, 0) is 0 Å². The van der Waals surface area contributed by atoms with Gasteiger partial charge in [0.15, 0.2) is 0 Å². The van der Waals surface area contributed by atoms with Gasteiger partial charge in [0.2, 0.25) is 0 Å². The number of fused-ring (bicyclic) bond motifs is 1. The average Bonchev–Trinajstić information content (AvgIpc) is 2.78. The molecule has 16 heavy (non-hydrogen) atoms. The maximum Gasteiger partial charge on any atom is 0.138 e. The summed E-state index contributed by atoms with van der Waals surface area (Å²) in [5, 5.41) is 4.57. The van der Waals surface area contributed by atoms with E-state index in [0.717, 1.165) is 32.0 Å². The first-order valence-corrected chi connectivity index (χ1v) is 5.33. The molecule has 0 atom stereocenters. The van der Waals surface area contributed by atoms with Gasteiger partial charge in [0.05, 0.1) is 5.52 Å². The average molecular weight is 239 g/mol. The largest absolute Gasteiger partial charge is 0.361 e. The van der Waals surface area contributed by atoms with E-state index >= 15 is 0 Å². The Labute approximate surface area is 100 Å². The van der Waals surface area contributed by atoms with Crippen LogP contribution in [0, 0.1) is 0 Å². The Morgan fingerprint density at radius 2 is 2.00 bits per heavy atom. The minimum Gasteiger partial charge on any atom is -0.361 e. The van der Waals surface area contributed by atoms with Gasteiger partial charge in [-0.25, -0.2) is 4.98 Å². The molecule has 0 amide bonds. The molecule has 3 rings (SSSR count). The lowest BCUT2D eigenvalue weighted by molar-refractivity contribution is 0.586. The van der Waals surface area contributed by atoms with Gasteiger partial charge >= 0.3 is 0 Å². The summed E-state index contributed by atoms with van der Waals surface area (Å²) in [4.78, 5) is 10.0. The fourth-order valence-electron chi connectivity index (χ4n) is 2.10. The molecule has 2 aromatic heterocycles. The zero-order chi connectivity index (χ0) is 10.1. The molecule has 0 aromatic carbocycles. The maximum absolute atomic E-state index is 4.48. The number of halogens is 1. The highest BCUT2D eigenvalue weighted by atomic mass is 35.5. The molecule has 3 heterocycles. The fourth-order valence-corrected chi connectivity index (χ4v) is 2.10. The normalized spacial score (nSPS) is 16.1. The van der Waals surface area contributed by atoms with E-state index in [0.29, 0.717) is 0 Å². The van der Waals surface area contributed by atoms with Gasteiger partial charge in [0.1, 0.15) is 5.82 Å². The van der Waals surface area contributed by atoms with Gasteiger partial charge in [-0.05, 0) is 12.1 Å². The molecule has 1 saturated heterocycles. The fraction of sp³-hybridized carbons (Fsp3) is 0.364. The van der Waals surface area contributed by atoms with Crippen LogP contribution in [0.4, 0.5) is 5.82 Å². The SMILES string of the molecule is Cl.c1cc2[nH]ccc2c(N2CCNCC2)n1. The molecule has 5 heteroatoms. The lowest BCUT2D eigenvalue weighted by atomic mass is 10.2. The number of nitrogens with one attached hydrogen (secondary N) is 2. The number of H-pyrrole nitrogens is 1. The Kier molecular flexibility index (Phi) is 3.31. The Morgan fingerprint density at radius 3 is 2.81 bits per heavy atom. The quantitative estimate of drug-likeness (QED) is 0.789. The van der Waals surface area contributed by atoms with Crippen molar-refractivity contribution in [2.75, 3.05) is 31.1 Å². The van der Waals surface area contributed by atoms with E-state index in [1.165, 1.54) is 10.9 Å². The number of pyridine rings is 1. The van der Waals surface area contributed by atoms with E-state index in [4.69, 9.17) is 0 Å². The van der Waals surface area contributed by atoms with E-state index < -0.39 is 0 Å². The van der Waals surface area contributed by atoms with Crippen molar-refractivity contribution >= 4 is 29.1 Å². The summed E-state index contributed by atoms with van der Waals surface area (Å²) in [6.45, 7) is 4.17. The third kappa shape index (κ3) is 1.86. The first-order valence-electron chi connectivity index (χ1n) is 5.33. The number of hydrogen-bond acceptors (Lipinski definition) is 3. The van der Waals surface area contributed by atoms with Crippen LogP contribution < -0.4 is 10.2 Å². The van der Waals surface area contributed by atoms with Gasteiger partial charge in [-0.15, -0.1) is 12.4 Å². The number of aromatic nitrogens is 2. The molecule has 86 valence electrons. The van der Waals surface area contributed by atoms with Gasteiger partial charge < -0.3 is 15.2 Å². The van der Waals surface area contributed by atoms with E-state index in [1.807, 2.05) is 18.5 Å². The highest BCUT2D eigenvalue weighted by Crippen LogP contribution is 2.23. The van der Waals surface area contributed by atoms with E-state index in [1.54, 1.807) is 0 Å². The van der Waals surface area contributed by atoms with Crippen LogP contribution in [-0.4, -0.2) is 36.1 Å². The van der Waals surface area contributed by atoms with Crippen LogP contribution in [0.25, 0.3) is 10.9 Å². The van der Waals surface area contributed by atoms with Crippen LogP contribution in [0.5, 0.6) is 0 Å². The van der Waals surface area contributed by atoms with Crippen LogP contribution in [0.2, 0.25) is 0 Å². The summed E-state index contributed by atoms with van der Waals surface area (Å²) in [5.41, 5.74) is 1.17. The van der Waals surface area contributed by atoms with Crippen molar-refractivity contribution in [1.29, 1.82) is 0 Å². The number of rotatable bonds is 1. The molecule has 0 radical (unpaired) electrons. The van der Waals surface area contributed by atoms with Crippen molar-refractivity contribution in [3.8, 4) is 0 Å². The Morgan fingerprint density at radius 1 is 1.19 bits per heavy atom. The summed E-state index contributed by atoms with van der Waals surface area (Å²) < 4.78 is 0. The topological polar surface area (TPSA) is 44.0 Å². The lowest BCUT2D eigenvalue weighted by Crippen LogP contribution is -2.43. The van der Waals surface area contributed by atoms with E-state index in [2.05, 4.69) is 26.3 Å². The number of nitrogens with zero attached hydrogens (tertiary/aromatic N) is 2. The van der Waals surface area contributed by atoms with Crippen molar-refractivity contribution in [1.82, 2.24) is 15.3 Å². The Balaban J connectivity index is 0.000000963. The second-order valence-electron chi connectivity index (χ2n) is 3.81. The predicted molar refractivity (Wildman–Crippen MR) is 68.4 cm³/mol. The highest BCUT2D eigenvalue weighted by molar-refractivity contribution is 5.90. The monoisotopic (exact) mass is 238 g/mol. The maximum atomic E-state index is 4.48. The zero-order valence-electron chi connectivity index (χ0n) is 8.94. The molecule has 1 aliphatic rings. The molecule has 2 N–H and O–H groups in total. The summed E-state index contributed by atoms with van der Waals surface area (Å²) in [6.07, 6.45) is 3.84. The van der Waals surface area contributed by atoms with Crippen molar-refractivity contribution in [3.63, 3.8) is 0 Å². The van der Waals surface area contributed by atoms with E-state index in [-0.39, 0.29) is 12.4 Å². The van der Waals surface area contributed by atoms with Crippen LogP contribution in [0.15, 0.2) is 24.5 Å². The third-order valence-electron chi connectivity index (χ3n) is 2.87. The van der Waals surface area contributed by atoms with Crippen LogP contribution in [0.3, 0.4) is 0 Å². The van der Waals surface area contributed by atoms with Gasteiger partial charge in [-0.2, -0.15) is 0 Å². The number of anilines is 1. The number of piperazine rings is 1. The lowest BCUT2D eigenvalue weighted by Gasteiger charge is -2.28. The molecule has 4 nitrogen and oxygen atoms in total. The number of aromatic amines is 1. The van der Waals surface area contributed by atoms with Crippen molar-refractivity contribution < 1.29 is 0 Å². The minimum absolute atomic E-state index is 0.